The number of carbonyl (C=O) groups excluding carboxylic acids is 2. The molecule has 1 saturated heterocycles. The third-order valence-corrected chi connectivity index (χ3v) is 4.49. The van der Waals surface area contributed by atoms with E-state index in [4.69, 9.17) is 18.0 Å². The molecule has 2 fully saturated rings. The third kappa shape index (κ3) is 2.16. The minimum absolute atomic E-state index is 0.103. The van der Waals surface area contributed by atoms with E-state index in [0.717, 1.165) is 32.1 Å². The van der Waals surface area contributed by atoms with Crippen molar-refractivity contribution in [3.05, 3.63) is 0 Å². The first-order valence-corrected chi connectivity index (χ1v) is 7.04. The molecule has 4 nitrogen and oxygen atoms in total. The Morgan fingerprint density at radius 2 is 1.72 bits per heavy atom. The standard InChI is InChI=1S/C13H20N2O2S/c1-9-7-10(16)15(11(17)8-9)13(12(14)18)5-3-2-4-6-13/h9H,2-8H2,1H3,(H2,14,18). The van der Waals surface area contributed by atoms with Crippen LogP contribution in [0.25, 0.3) is 0 Å². The molecule has 0 atom stereocenters. The number of amides is 2. The molecule has 1 aliphatic carbocycles. The molecule has 5 heteroatoms. The van der Waals surface area contributed by atoms with Crippen LogP contribution in [0.1, 0.15) is 51.9 Å². The normalized spacial score (nSPS) is 25.3. The summed E-state index contributed by atoms with van der Waals surface area (Å²) in [5.74, 6) is -0.0739. The zero-order valence-corrected chi connectivity index (χ0v) is 11.6. The second kappa shape index (κ2) is 4.96. The Kier molecular flexibility index (Phi) is 3.71. The average molecular weight is 268 g/mol. The number of hydrogen-bond acceptors (Lipinski definition) is 3. The highest BCUT2D eigenvalue weighted by atomic mass is 32.1. The smallest absolute Gasteiger partial charge is 0.230 e. The van der Waals surface area contributed by atoms with E-state index >= 15 is 0 Å². The largest absolute Gasteiger partial charge is 0.391 e. The summed E-state index contributed by atoms with van der Waals surface area (Å²) in [4.78, 5) is 26.1. The first kappa shape index (κ1) is 13.5. The molecule has 1 saturated carbocycles. The molecular weight excluding hydrogens is 248 g/mol. The summed E-state index contributed by atoms with van der Waals surface area (Å²) in [7, 11) is 0. The van der Waals surface area contributed by atoms with Crippen LogP contribution < -0.4 is 5.73 Å². The van der Waals surface area contributed by atoms with Gasteiger partial charge in [0.15, 0.2) is 0 Å². The van der Waals surface area contributed by atoms with Crippen LogP contribution in [0.5, 0.6) is 0 Å². The van der Waals surface area contributed by atoms with Gasteiger partial charge in [-0.1, -0.05) is 38.4 Å². The third-order valence-electron chi connectivity index (χ3n) is 4.11. The van der Waals surface area contributed by atoms with Crippen LogP contribution in [-0.4, -0.2) is 27.2 Å². The molecular formula is C13H20N2O2S. The molecule has 1 heterocycles. The molecule has 100 valence electrons. The first-order chi connectivity index (χ1) is 8.47. The maximum Gasteiger partial charge on any atom is 0.230 e. The number of rotatable bonds is 2. The summed E-state index contributed by atoms with van der Waals surface area (Å²) < 4.78 is 0. The van der Waals surface area contributed by atoms with Crippen molar-refractivity contribution >= 4 is 29.0 Å². The Labute approximate surface area is 113 Å². The summed E-state index contributed by atoms with van der Waals surface area (Å²) in [5, 5.41) is 0. The van der Waals surface area contributed by atoms with Crippen LogP contribution in [0.3, 0.4) is 0 Å². The number of carbonyl (C=O) groups is 2. The molecule has 2 rings (SSSR count). The van der Waals surface area contributed by atoms with Crippen molar-refractivity contribution < 1.29 is 9.59 Å². The SMILES string of the molecule is CC1CC(=O)N(C2(C(N)=S)CCCCC2)C(=O)C1. The lowest BCUT2D eigenvalue weighted by atomic mass is 9.78. The molecule has 2 amide bonds. The van der Waals surface area contributed by atoms with E-state index in [9.17, 15) is 9.59 Å². The molecule has 0 aromatic rings. The van der Waals surface area contributed by atoms with Gasteiger partial charge in [0.1, 0.15) is 5.54 Å². The Morgan fingerprint density at radius 3 is 2.17 bits per heavy atom. The first-order valence-electron chi connectivity index (χ1n) is 6.63. The van der Waals surface area contributed by atoms with Gasteiger partial charge in [0, 0.05) is 12.8 Å². The molecule has 0 aromatic carbocycles. The zero-order chi connectivity index (χ0) is 13.3. The lowest BCUT2D eigenvalue weighted by Gasteiger charge is -2.46. The maximum absolute atomic E-state index is 12.2. The van der Waals surface area contributed by atoms with Crippen molar-refractivity contribution in [2.24, 2.45) is 11.7 Å². The van der Waals surface area contributed by atoms with Gasteiger partial charge in [0.05, 0.1) is 4.99 Å². The van der Waals surface area contributed by atoms with Gasteiger partial charge in [0.25, 0.3) is 0 Å². The van der Waals surface area contributed by atoms with Gasteiger partial charge in [0.2, 0.25) is 11.8 Å². The number of thiocarbonyl (C=S) groups is 1. The van der Waals surface area contributed by atoms with Crippen molar-refractivity contribution in [2.75, 3.05) is 0 Å². The van der Waals surface area contributed by atoms with Crippen molar-refractivity contribution in [1.82, 2.24) is 4.90 Å². The molecule has 0 radical (unpaired) electrons. The van der Waals surface area contributed by atoms with Crippen LogP contribution in [0.4, 0.5) is 0 Å². The minimum Gasteiger partial charge on any atom is -0.391 e. The fraction of sp³-hybridized carbons (Fsp3) is 0.769. The number of piperidine rings is 1. The Morgan fingerprint density at radius 1 is 1.22 bits per heavy atom. The van der Waals surface area contributed by atoms with E-state index < -0.39 is 5.54 Å². The van der Waals surface area contributed by atoms with Crippen molar-refractivity contribution in [1.29, 1.82) is 0 Å². The van der Waals surface area contributed by atoms with Crippen LogP contribution in [0.2, 0.25) is 0 Å². The predicted octanol–water partition coefficient (Wildman–Crippen LogP) is 1.76. The van der Waals surface area contributed by atoms with E-state index in [2.05, 4.69) is 0 Å². The quantitative estimate of drug-likeness (QED) is 0.612. The van der Waals surface area contributed by atoms with Crippen LogP contribution in [0, 0.1) is 5.92 Å². The van der Waals surface area contributed by atoms with Gasteiger partial charge in [-0.2, -0.15) is 0 Å². The Balaban J connectivity index is 2.33. The minimum atomic E-state index is -0.679. The lowest BCUT2D eigenvalue weighted by molar-refractivity contribution is -0.155. The summed E-state index contributed by atoms with van der Waals surface area (Å²) in [6.45, 7) is 1.93. The molecule has 1 aliphatic heterocycles. The molecule has 0 bridgehead atoms. The topological polar surface area (TPSA) is 63.4 Å². The summed E-state index contributed by atoms with van der Waals surface area (Å²) in [6, 6.07) is 0. The van der Waals surface area contributed by atoms with Gasteiger partial charge < -0.3 is 5.73 Å². The van der Waals surface area contributed by atoms with Gasteiger partial charge in [-0.05, 0) is 18.8 Å². The fourth-order valence-corrected chi connectivity index (χ4v) is 3.48. The van der Waals surface area contributed by atoms with Crippen LogP contribution in [0.15, 0.2) is 0 Å². The summed E-state index contributed by atoms with van der Waals surface area (Å²) in [5.41, 5.74) is 5.20. The summed E-state index contributed by atoms with van der Waals surface area (Å²) in [6.07, 6.45) is 5.39. The van der Waals surface area contributed by atoms with Gasteiger partial charge in [-0.15, -0.1) is 0 Å². The number of nitrogens with two attached hydrogens (primary N) is 1. The maximum atomic E-state index is 12.2. The highest BCUT2D eigenvalue weighted by Gasteiger charge is 2.48. The lowest BCUT2D eigenvalue weighted by Crippen LogP contribution is -2.63. The summed E-state index contributed by atoms with van der Waals surface area (Å²) >= 11 is 5.18. The number of likely N-dealkylation sites (tertiary alicyclic amines) is 1. The van der Waals surface area contributed by atoms with E-state index in [1.54, 1.807) is 0 Å². The number of hydrogen-bond donors (Lipinski definition) is 1. The highest BCUT2D eigenvalue weighted by Crippen LogP contribution is 2.37. The highest BCUT2D eigenvalue weighted by molar-refractivity contribution is 7.80. The van der Waals surface area contributed by atoms with Gasteiger partial charge in [-0.25, -0.2) is 0 Å². The average Bonchev–Trinajstić information content (AvgIpc) is 2.28. The molecule has 18 heavy (non-hydrogen) atoms. The van der Waals surface area contributed by atoms with E-state index in [0.29, 0.717) is 17.8 Å². The Hall–Kier alpha value is -0.970. The van der Waals surface area contributed by atoms with E-state index in [1.807, 2.05) is 6.92 Å². The van der Waals surface area contributed by atoms with Crippen LogP contribution >= 0.6 is 12.2 Å². The van der Waals surface area contributed by atoms with Crippen LogP contribution in [-0.2, 0) is 9.59 Å². The number of imide groups is 1. The second-order valence-corrected chi connectivity index (χ2v) is 6.03. The molecule has 2 N–H and O–H groups in total. The predicted molar refractivity (Wildman–Crippen MR) is 72.9 cm³/mol. The van der Waals surface area contributed by atoms with E-state index in [-0.39, 0.29) is 17.7 Å². The fourth-order valence-electron chi connectivity index (χ4n) is 3.18. The van der Waals surface area contributed by atoms with Gasteiger partial charge >= 0.3 is 0 Å². The van der Waals surface area contributed by atoms with Crippen molar-refractivity contribution in [2.45, 2.75) is 57.4 Å². The molecule has 2 aliphatic rings. The molecule has 0 unspecified atom stereocenters. The van der Waals surface area contributed by atoms with E-state index in [1.165, 1.54) is 4.90 Å². The number of nitrogens with zero attached hydrogens (tertiary/aromatic N) is 1. The molecule has 0 aromatic heterocycles. The Bertz CT molecular complexity index is 370. The molecule has 0 spiro atoms. The van der Waals surface area contributed by atoms with Crippen molar-refractivity contribution in [3.8, 4) is 0 Å². The van der Waals surface area contributed by atoms with Gasteiger partial charge in [-0.3, -0.25) is 14.5 Å². The monoisotopic (exact) mass is 268 g/mol. The zero-order valence-electron chi connectivity index (χ0n) is 10.8. The second-order valence-electron chi connectivity index (χ2n) is 5.59. The van der Waals surface area contributed by atoms with Crippen molar-refractivity contribution in [3.63, 3.8) is 0 Å².